The highest BCUT2D eigenvalue weighted by Crippen LogP contribution is 2.17. The fraction of sp³-hybridized carbons (Fsp3) is 0.462. The van der Waals surface area contributed by atoms with Crippen molar-refractivity contribution < 1.29 is 5.11 Å². The molecule has 1 fully saturated rings. The first kappa shape index (κ1) is 11.1. The van der Waals surface area contributed by atoms with Crippen LogP contribution in [-0.4, -0.2) is 29.2 Å². The second kappa shape index (κ2) is 4.65. The fourth-order valence-electron chi connectivity index (χ4n) is 2.14. The van der Waals surface area contributed by atoms with Crippen molar-refractivity contribution in [2.24, 2.45) is 0 Å². The summed E-state index contributed by atoms with van der Waals surface area (Å²) in [6, 6.07) is 7.93. The van der Waals surface area contributed by atoms with Crippen LogP contribution < -0.4 is 0 Å². The summed E-state index contributed by atoms with van der Waals surface area (Å²) in [5.74, 6) is 0. The summed E-state index contributed by atoms with van der Waals surface area (Å²) in [6.07, 6.45) is 0.702. The van der Waals surface area contributed by atoms with Crippen LogP contribution in [0.1, 0.15) is 23.1 Å². The zero-order valence-corrected chi connectivity index (χ0v) is 9.48. The molecule has 1 saturated heterocycles. The van der Waals surface area contributed by atoms with E-state index in [0.29, 0.717) is 5.56 Å². The number of likely N-dealkylation sites (tertiary alicyclic amines) is 1. The number of rotatable bonds is 2. The molecule has 1 aliphatic heterocycles. The van der Waals surface area contributed by atoms with E-state index in [1.165, 1.54) is 5.56 Å². The summed E-state index contributed by atoms with van der Waals surface area (Å²) in [4.78, 5) is 2.25. The largest absolute Gasteiger partial charge is 0.392 e. The van der Waals surface area contributed by atoms with Gasteiger partial charge in [-0.15, -0.1) is 0 Å². The Hall–Kier alpha value is -1.37. The van der Waals surface area contributed by atoms with Gasteiger partial charge in [0.15, 0.2) is 0 Å². The van der Waals surface area contributed by atoms with Crippen molar-refractivity contribution >= 4 is 0 Å². The van der Waals surface area contributed by atoms with Crippen molar-refractivity contribution in [1.82, 2.24) is 4.90 Å². The van der Waals surface area contributed by atoms with Crippen molar-refractivity contribution in [3.8, 4) is 6.07 Å². The van der Waals surface area contributed by atoms with Gasteiger partial charge in [0.25, 0.3) is 0 Å². The van der Waals surface area contributed by atoms with Crippen molar-refractivity contribution in [2.45, 2.75) is 26.0 Å². The van der Waals surface area contributed by atoms with E-state index in [0.717, 1.165) is 31.6 Å². The molecule has 0 spiro atoms. The number of β-amino-alcohol motifs (C(OH)–C–C–N with tert-alkyl or cyclic N) is 1. The van der Waals surface area contributed by atoms with E-state index in [1.54, 1.807) is 0 Å². The van der Waals surface area contributed by atoms with Gasteiger partial charge in [-0.05, 0) is 36.6 Å². The van der Waals surface area contributed by atoms with Gasteiger partial charge in [-0.2, -0.15) is 5.26 Å². The topological polar surface area (TPSA) is 47.3 Å². The zero-order chi connectivity index (χ0) is 11.5. The molecule has 1 aromatic carbocycles. The van der Waals surface area contributed by atoms with Gasteiger partial charge in [-0.25, -0.2) is 0 Å². The lowest BCUT2D eigenvalue weighted by molar-refractivity contribution is 0.174. The number of hydrogen-bond donors (Lipinski definition) is 1. The molecular formula is C13H16N2O. The lowest BCUT2D eigenvalue weighted by atomic mass is 10.1. The summed E-state index contributed by atoms with van der Waals surface area (Å²) >= 11 is 0. The Labute approximate surface area is 95.9 Å². The first-order chi connectivity index (χ1) is 7.69. The zero-order valence-electron chi connectivity index (χ0n) is 9.48. The van der Waals surface area contributed by atoms with Crippen molar-refractivity contribution in [1.29, 1.82) is 5.26 Å². The number of aryl methyl sites for hydroxylation is 1. The third-order valence-corrected chi connectivity index (χ3v) is 3.11. The summed E-state index contributed by atoms with van der Waals surface area (Å²) in [5, 5.41) is 18.2. The van der Waals surface area contributed by atoms with Crippen LogP contribution in [0.15, 0.2) is 18.2 Å². The third-order valence-electron chi connectivity index (χ3n) is 3.11. The molecule has 1 heterocycles. The molecule has 2 rings (SSSR count). The predicted octanol–water partition coefficient (Wildman–Crippen LogP) is 1.43. The van der Waals surface area contributed by atoms with Crippen LogP contribution in [0, 0.1) is 18.3 Å². The Balaban J connectivity index is 2.08. The van der Waals surface area contributed by atoms with Crippen LogP contribution in [0.5, 0.6) is 0 Å². The first-order valence-electron chi connectivity index (χ1n) is 5.59. The number of aliphatic hydroxyl groups is 1. The minimum absolute atomic E-state index is 0.168. The summed E-state index contributed by atoms with van der Waals surface area (Å²) in [6.45, 7) is 4.62. The second-order valence-corrected chi connectivity index (χ2v) is 4.43. The van der Waals surface area contributed by atoms with Gasteiger partial charge in [0.1, 0.15) is 0 Å². The second-order valence-electron chi connectivity index (χ2n) is 4.43. The molecule has 1 N–H and O–H groups in total. The Bertz CT molecular complexity index is 422. The summed E-state index contributed by atoms with van der Waals surface area (Å²) < 4.78 is 0. The summed E-state index contributed by atoms with van der Waals surface area (Å²) in [7, 11) is 0. The molecule has 1 aromatic rings. The third kappa shape index (κ3) is 2.41. The molecule has 3 nitrogen and oxygen atoms in total. The van der Waals surface area contributed by atoms with E-state index in [2.05, 4.69) is 11.0 Å². The minimum Gasteiger partial charge on any atom is -0.392 e. The number of nitrogens with zero attached hydrogens (tertiary/aromatic N) is 2. The standard InChI is InChI=1S/C13H16N2O/c1-10-6-11(7-14)2-3-12(10)8-15-5-4-13(16)9-15/h2-3,6,13,16H,4-5,8-9H2,1H3. The Morgan fingerprint density at radius 3 is 2.94 bits per heavy atom. The molecule has 1 unspecified atom stereocenters. The fourth-order valence-corrected chi connectivity index (χ4v) is 2.14. The molecule has 0 radical (unpaired) electrons. The molecule has 0 amide bonds. The van der Waals surface area contributed by atoms with Crippen molar-refractivity contribution in [3.05, 3.63) is 34.9 Å². The van der Waals surface area contributed by atoms with Gasteiger partial charge in [-0.3, -0.25) is 4.90 Å². The van der Waals surface area contributed by atoms with Gasteiger partial charge >= 0.3 is 0 Å². The molecule has 0 bridgehead atoms. The molecule has 84 valence electrons. The van der Waals surface area contributed by atoms with Crippen LogP contribution in [0.25, 0.3) is 0 Å². The highest BCUT2D eigenvalue weighted by Gasteiger charge is 2.20. The first-order valence-corrected chi connectivity index (χ1v) is 5.59. The Morgan fingerprint density at radius 1 is 1.56 bits per heavy atom. The van der Waals surface area contributed by atoms with E-state index in [9.17, 15) is 5.11 Å². The maximum Gasteiger partial charge on any atom is 0.0991 e. The Kier molecular flexibility index (Phi) is 3.23. The molecule has 1 aliphatic rings. The van der Waals surface area contributed by atoms with Crippen LogP contribution >= 0.6 is 0 Å². The molecule has 0 aliphatic carbocycles. The average molecular weight is 216 g/mol. The van der Waals surface area contributed by atoms with Gasteiger partial charge in [0.2, 0.25) is 0 Å². The van der Waals surface area contributed by atoms with Crippen LogP contribution in [0.4, 0.5) is 0 Å². The SMILES string of the molecule is Cc1cc(C#N)ccc1CN1CCC(O)C1. The highest BCUT2D eigenvalue weighted by molar-refractivity contribution is 5.37. The normalized spacial score (nSPS) is 20.9. The van der Waals surface area contributed by atoms with Crippen LogP contribution in [-0.2, 0) is 6.54 Å². The van der Waals surface area contributed by atoms with Gasteiger partial charge in [0, 0.05) is 19.6 Å². The molecular weight excluding hydrogens is 200 g/mol. The lowest BCUT2D eigenvalue weighted by Gasteiger charge is -2.16. The highest BCUT2D eigenvalue weighted by atomic mass is 16.3. The number of benzene rings is 1. The number of nitriles is 1. The van der Waals surface area contributed by atoms with E-state index < -0.39 is 0 Å². The van der Waals surface area contributed by atoms with Gasteiger partial charge in [0.05, 0.1) is 17.7 Å². The molecule has 0 saturated carbocycles. The quantitative estimate of drug-likeness (QED) is 0.813. The molecule has 0 aromatic heterocycles. The summed E-state index contributed by atoms with van der Waals surface area (Å²) in [5.41, 5.74) is 3.11. The maximum absolute atomic E-state index is 9.44. The van der Waals surface area contributed by atoms with E-state index >= 15 is 0 Å². The molecule has 3 heteroatoms. The Morgan fingerprint density at radius 2 is 2.38 bits per heavy atom. The van der Waals surface area contributed by atoms with Gasteiger partial charge < -0.3 is 5.11 Å². The monoisotopic (exact) mass is 216 g/mol. The van der Waals surface area contributed by atoms with Gasteiger partial charge in [-0.1, -0.05) is 6.07 Å². The van der Waals surface area contributed by atoms with E-state index in [4.69, 9.17) is 5.26 Å². The van der Waals surface area contributed by atoms with Crippen LogP contribution in [0.2, 0.25) is 0 Å². The van der Waals surface area contributed by atoms with E-state index in [1.807, 2.05) is 25.1 Å². The number of aliphatic hydroxyl groups excluding tert-OH is 1. The smallest absolute Gasteiger partial charge is 0.0991 e. The lowest BCUT2D eigenvalue weighted by Crippen LogP contribution is -2.21. The van der Waals surface area contributed by atoms with Crippen molar-refractivity contribution in [3.63, 3.8) is 0 Å². The van der Waals surface area contributed by atoms with Crippen LogP contribution in [0.3, 0.4) is 0 Å². The minimum atomic E-state index is -0.168. The average Bonchev–Trinajstić information content (AvgIpc) is 2.67. The van der Waals surface area contributed by atoms with E-state index in [-0.39, 0.29) is 6.10 Å². The maximum atomic E-state index is 9.44. The molecule has 16 heavy (non-hydrogen) atoms. The molecule has 1 atom stereocenters. The number of hydrogen-bond acceptors (Lipinski definition) is 3. The predicted molar refractivity (Wildman–Crippen MR) is 61.8 cm³/mol. The van der Waals surface area contributed by atoms with Crippen molar-refractivity contribution in [2.75, 3.05) is 13.1 Å².